The number of imide groups is 2. The Morgan fingerprint density at radius 1 is 0.857 bits per heavy atom. The van der Waals surface area contributed by atoms with Crippen molar-refractivity contribution in [3.8, 4) is 5.75 Å². The van der Waals surface area contributed by atoms with E-state index in [9.17, 15) is 24.0 Å². The van der Waals surface area contributed by atoms with Crippen LogP contribution in [-0.4, -0.2) is 29.6 Å². The number of allylic oxidation sites excluding steroid dienone is 1. The van der Waals surface area contributed by atoms with Crippen LogP contribution in [0.5, 0.6) is 5.75 Å². The van der Waals surface area contributed by atoms with E-state index < -0.39 is 64.6 Å². The number of carbonyl (C=O) groups excluding carboxylic acids is 5. The molecule has 8 heteroatoms. The molecule has 1 aromatic rings. The Bertz CT molecular complexity index is 955. The minimum atomic E-state index is -1.14. The molecular formula is C20H16N2O6. The van der Waals surface area contributed by atoms with Crippen molar-refractivity contribution in [2.24, 2.45) is 35.0 Å². The summed E-state index contributed by atoms with van der Waals surface area (Å²) in [5.41, 5.74) is -0.967. The summed E-state index contributed by atoms with van der Waals surface area (Å²) >= 11 is 0. The van der Waals surface area contributed by atoms with Crippen molar-refractivity contribution in [1.82, 2.24) is 10.6 Å². The molecule has 1 saturated carbocycles. The van der Waals surface area contributed by atoms with E-state index in [-0.39, 0.29) is 5.57 Å². The van der Waals surface area contributed by atoms with Gasteiger partial charge in [-0.15, -0.1) is 0 Å². The lowest BCUT2D eigenvalue weighted by atomic mass is 9.45. The van der Waals surface area contributed by atoms with Crippen molar-refractivity contribution in [3.63, 3.8) is 0 Å². The number of benzene rings is 1. The van der Waals surface area contributed by atoms with Gasteiger partial charge in [-0.3, -0.25) is 29.8 Å². The summed E-state index contributed by atoms with van der Waals surface area (Å²) in [6.45, 7) is 1.66. The highest BCUT2D eigenvalue weighted by Gasteiger charge is 2.72. The van der Waals surface area contributed by atoms with Gasteiger partial charge in [-0.1, -0.05) is 31.2 Å². The monoisotopic (exact) mass is 380 g/mol. The van der Waals surface area contributed by atoms with Crippen molar-refractivity contribution in [1.29, 1.82) is 0 Å². The molecule has 0 spiro atoms. The highest BCUT2D eigenvalue weighted by molar-refractivity contribution is 6.13. The van der Waals surface area contributed by atoms with Crippen molar-refractivity contribution < 1.29 is 28.7 Å². The van der Waals surface area contributed by atoms with Crippen LogP contribution in [0.2, 0.25) is 0 Å². The van der Waals surface area contributed by atoms with E-state index in [1.165, 1.54) is 0 Å². The maximum Gasteiger partial charge on any atom is 0.339 e. The van der Waals surface area contributed by atoms with Crippen molar-refractivity contribution in [2.45, 2.75) is 6.92 Å². The summed E-state index contributed by atoms with van der Waals surface area (Å²) < 4.78 is 5.43. The third-order valence-electron chi connectivity index (χ3n) is 6.51. The highest BCUT2D eigenvalue weighted by atomic mass is 16.5. The van der Waals surface area contributed by atoms with Gasteiger partial charge in [-0.05, 0) is 12.1 Å². The number of rotatable bonds is 2. The number of amides is 4. The van der Waals surface area contributed by atoms with Crippen LogP contribution in [-0.2, 0) is 24.0 Å². The molecule has 0 radical (unpaired) electrons. The number of nitrogens with one attached hydrogen (secondary N) is 2. The van der Waals surface area contributed by atoms with E-state index in [0.29, 0.717) is 5.75 Å². The van der Waals surface area contributed by atoms with Gasteiger partial charge in [0, 0.05) is 16.9 Å². The van der Waals surface area contributed by atoms with E-state index in [1.807, 2.05) is 0 Å². The number of hydrogen-bond donors (Lipinski definition) is 2. The molecule has 6 atom stereocenters. The number of hydrogen-bond acceptors (Lipinski definition) is 6. The normalized spacial score (nSPS) is 37.8. The summed E-state index contributed by atoms with van der Waals surface area (Å²) in [5, 5.41) is 4.61. The zero-order chi connectivity index (χ0) is 19.8. The van der Waals surface area contributed by atoms with Gasteiger partial charge in [0.05, 0.1) is 23.7 Å². The summed E-state index contributed by atoms with van der Waals surface area (Å²) in [7, 11) is 0. The molecule has 5 aliphatic rings. The molecule has 4 amide bonds. The number of para-hydroxylation sites is 1. The fourth-order valence-electron chi connectivity index (χ4n) is 5.54. The molecule has 6 rings (SSSR count). The average molecular weight is 380 g/mol. The number of carbonyl (C=O) groups is 5. The minimum Gasteiger partial charge on any atom is -0.423 e. The van der Waals surface area contributed by atoms with Gasteiger partial charge in [0.2, 0.25) is 23.6 Å². The number of esters is 1. The molecule has 28 heavy (non-hydrogen) atoms. The third-order valence-corrected chi connectivity index (χ3v) is 6.51. The van der Waals surface area contributed by atoms with Crippen LogP contribution in [0.15, 0.2) is 42.0 Å². The molecule has 0 aromatic heterocycles. The average Bonchev–Trinajstić information content (AvgIpc) is 3.13. The first-order chi connectivity index (χ1) is 13.3. The Hall–Kier alpha value is -3.29. The van der Waals surface area contributed by atoms with Crippen molar-refractivity contribution in [3.05, 3.63) is 42.0 Å². The molecule has 142 valence electrons. The molecule has 2 bridgehead atoms. The molecule has 2 heterocycles. The van der Waals surface area contributed by atoms with Crippen LogP contribution >= 0.6 is 0 Å². The van der Waals surface area contributed by atoms with Crippen LogP contribution < -0.4 is 15.4 Å². The molecule has 8 nitrogen and oxygen atoms in total. The van der Waals surface area contributed by atoms with E-state index in [4.69, 9.17) is 4.74 Å². The van der Waals surface area contributed by atoms with Gasteiger partial charge in [-0.25, -0.2) is 4.79 Å². The van der Waals surface area contributed by atoms with Crippen LogP contribution in [0.4, 0.5) is 0 Å². The SMILES string of the molecule is CC12C=C(C(=O)Oc3ccccc3)C([C@H]3C(=O)NC(=O)[C@H]31)[C@@H]1C(=O)NC(=O)[C@@H]12. The van der Waals surface area contributed by atoms with Crippen LogP contribution in [0, 0.1) is 35.0 Å². The molecule has 2 aliphatic heterocycles. The zero-order valence-electron chi connectivity index (χ0n) is 14.8. The maximum absolute atomic E-state index is 12.9. The first kappa shape index (κ1) is 16.9. The summed E-state index contributed by atoms with van der Waals surface area (Å²) in [6.07, 6.45) is 1.57. The predicted octanol–water partition coefficient (Wildman–Crippen LogP) is -0.0543. The predicted molar refractivity (Wildman–Crippen MR) is 92.0 cm³/mol. The van der Waals surface area contributed by atoms with E-state index in [0.717, 1.165) is 0 Å². The molecule has 3 aliphatic carbocycles. The van der Waals surface area contributed by atoms with Crippen molar-refractivity contribution in [2.75, 3.05) is 0 Å². The Balaban J connectivity index is 1.63. The van der Waals surface area contributed by atoms with Gasteiger partial charge < -0.3 is 4.74 Å². The third kappa shape index (κ3) is 1.97. The fraction of sp³-hybridized carbons (Fsp3) is 0.350. The summed E-state index contributed by atoms with van der Waals surface area (Å²) in [5.74, 6) is -6.56. The second kappa shape index (κ2) is 5.37. The highest BCUT2D eigenvalue weighted by Crippen LogP contribution is 2.63. The largest absolute Gasteiger partial charge is 0.423 e. The number of ether oxygens (including phenoxy) is 1. The lowest BCUT2D eigenvalue weighted by molar-refractivity contribution is -0.149. The quantitative estimate of drug-likeness (QED) is 0.422. The summed E-state index contributed by atoms with van der Waals surface area (Å²) in [4.78, 5) is 62.9. The van der Waals surface area contributed by atoms with Crippen LogP contribution in [0.3, 0.4) is 0 Å². The smallest absolute Gasteiger partial charge is 0.339 e. The van der Waals surface area contributed by atoms with Gasteiger partial charge in [0.1, 0.15) is 5.75 Å². The van der Waals surface area contributed by atoms with E-state index in [1.54, 1.807) is 43.3 Å². The zero-order valence-corrected chi connectivity index (χ0v) is 14.8. The Kier molecular flexibility index (Phi) is 3.23. The van der Waals surface area contributed by atoms with Gasteiger partial charge in [-0.2, -0.15) is 0 Å². The Morgan fingerprint density at radius 3 is 1.93 bits per heavy atom. The van der Waals surface area contributed by atoms with Crippen LogP contribution in [0.1, 0.15) is 6.92 Å². The second-order valence-corrected chi connectivity index (χ2v) is 7.91. The van der Waals surface area contributed by atoms with Gasteiger partial charge in [0.25, 0.3) is 0 Å². The topological polar surface area (TPSA) is 119 Å². The molecule has 3 fully saturated rings. The molecule has 1 aromatic carbocycles. The standard InChI is InChI=1S/C20H16N2O6/c1-20-7-9(19(27)28-8-5-3-2-4-6-8)10(11-13(20)17(25)21-15(11)23)12-14(20)18(26)22-16(12)24/h2-7,10-14H,1H3,(H,21,23,25)(H,22,24,26)/t10?,11-,12+,13+,14-,20?. The lowest BCUT2D eigenvalue weighted by Crippen LogP contribution is -2.59. The van der Waals surface area contributed by atoms with Gasteiger partial charge >= 0.3 is 5.97 Å². The molecule has 2 unspecified atom stereocenters. The maximum atomic E-state index is 12.9. The van der Waals surface area contributed by atoms with E-state index in [2.05, 4.69) is 10.6 Å². The lowest BCUT2D eigenvalue weighted by Gasteiger charge is -2.53. The van der Waals surface area contributed by atoms with Crippen LogP contribution in [0.25, 0.3) is 0 Å². The second-order valence-electron chi connectivity index (χ2n) is 7.91. The minimum absolute atomic E-state index is 0.170. The first-order valence-electron chi connectivity index (χ1n) is 9.02. The first-order valence-corrected chi connectivity index (χ1v) is 9.02. The Labute approximate surface area is 159 Å². The summed E-state index contributed by atoms with van der Waals surface area (Å²) in [6, 6.07) is 8.43. The van der Waals surface area contributed by atoms with Gasteiger partial charge in [0.15, 0.2) is 0 Å². The molecule has 2 saturated heterocycles. The molecular weight excluding hydrogens is 364 g/mol. The Morgan fingerprint density at radius 2 is 1.39 bits per heavy atom. The van der Waals surface area contributed by atoms with Crippen molar-refractivity contribution >= 4 is 29.6 Å². The fourth-order valence-corrected chi connectivity index (χ4v) is 5.54. The van der Waals surface area contributed by atoms with E-state index >= 15 is 0 Å². The molecule has 2 N–H and O–H groups in total.